The van der Waals surface area contributed by atoms with Crippen LogP contribution in [0.3, 0.4) is 0 Å². The first kappa shape index (κ1) is 14.3. The van der Waals surface area contributed by atoms with Crippen molar-refractivity contribution in [3.05, 3.63) is 62.8 Å². The molecule has 0 heterocycles. The fraction of sp³-hybridized carbons (Fsp3) is 0.143. The van der Waals surface area contributed by atoms with Crippen molar-refractivity contribution < 1.29 is 14.2 Å². The number of rotatable bonds is 3. The van der Waals surface area contributed by atoms with Crippen molar-refractivity contribution in [1.82, 2.24) is 0 Å². The monoisotopic (exact) mass is 344 g/mol. The third kappa shape index (κ3) is 3.08. The normalized spacial score (nSPS) is 12.3. The van der Waals surface area contributed by atoms with Gasteiger partial charge in [-0.1, -0.05) is 33.6 Å². The van der Waals surface area contributed by atoms with E-state index in [0.29, 0.717) is 20.8 Å². The molecule has 0 aliphatic carbocycles. The highest BCUT2D eigenvalue weighted by atomic mass is 79.9. The van der Waals surface area contributed by atoms with Crippen LogP contribution in [0.5, 0.6) is 5.75 Å². The van der Waals surface area contributed by atoms with E-state index in [4.69, 9.17) is 16.3 Å². The second-order valence-electron chi connectivity index (χ2n) is 3.95. The van der Waals surface area contributed by atoms with Crippen LogP contribution in [0.15, 0.2) is 40.9 Å². The second kappa shape index (κ2) is 5.90. The standard InChI is InChI=1S/C14H11BrClFO2/c1-19-13-5-3-9(16)7-11(13)14(18)10-4-2-8(15)6-12(10)17/h2-7,14,18H,1H3. The number of aliphatic hydroxyl groups excluding tert-OH is 1. The third-order valence-electron chi connectivity index (χ3n) is 2.74. The van der Waals surface area contributed by atoms with Crippen LogP contribution in [-0.4, -0.2) is 12.2 Å². The van der Waals surface area contributed by atoms with E-state index in [9.17, 15) is 9.50 Å². The molecule has 0 amide bonds. The molecule has 0 spiro atoms. The van der Waals surface area contributed by atoms with E-state index in [-0.39, 0.29) is 5.56 Å². The third-order valence-corrected chi connectivity index (χ3v) is 3.47. The molecule has 2 nitrogen and oxygen atoms in total. The van der Waals surface area contributed by atoms with Crippen LogP contribution in [0.2, 0.25) is 5.02 Å². The summed E-state index contributed by atoms with van der Waals surface area (Å²) in [7, 11) is 1.48. The fourth-order valence-electron chi connectivity index (χ4n) is 1.81. The van der Waals surface area contributed by atoms with Crippen LogP contribution in [0.4, 0.5) is 4.39 Å². The predicted molar refractivity (Wildman–Crippen MR) is 76.2 cm³/mol. The molecule has 1 atom stereocenters. The molecule has 2 aromatic rings. The Morgan fingerprint density at radius 3 is 2.58 bits per heavy atom. The maximum Gasteiger partial charge on any atom is 0.130 e. The van der Waals surface area contributed by atoms with Crippen LogP contribution in [0.25, 0.3) is 0 Å². The van der Waals surface area contributed by atoms with Gasteiger partial charge in [-0.05, 0) is 30.3 Å². The molecule has 0 saturated heterocycles. The minimum Gasteiger partial charge on any atom is -0.496 e. The molecule has 100 valence electrons. The quantitative estimate of drug-likeness (QED) is 0.897. The number of hydrogen-bond acceptors (Lipinski definition) is 2. The maximum atomic E-state index is 13.9. The Hall–Kier alpha value is -1.10. The lowest BCUT2D eigenvalue weighted by atomic mass is 10.0. The second-order valence-corrected chi connectivity index (χ2v) is 5.31. The SMILES string of the molecule is COc1ccc(Cl)cc1C(O)c1ccc(Br)cc1F. The first-order valence-electron chi connectivity index (χ1n) is 5.49. The number of aliphatic hydroxyl groups is 1. The first-order chi connectivity index (χ1) is 9.02. The lowest BCUT2D eigenvalue weighted by Gasteiger charge is -2.16. The number of benzene rings is 2. The van der Waals surface area contributed by atoms with Gasteiger partial charge in [-0.3, -0.25) is 0 Å². The molecule has 1 unspecified atom stereocenters. The highest BCUT2D eigenvalue weighted by molar-refractivity contribution is 9.10. The minimum absolute atomic E-state index is 0.170. The Balaban J connectivity index is 2.49. The number of hydrogen-bond donors (Lipinski definition) is 1. The van der Waals surface area contributed by atoms with Gasteiger partial charge in [-0.15, -0.1) is 0 Å². The Morgan fingerprint density at radius 1 is 1.21 bits per heavy atom. The number of ether oxygens (including phenoxy) is 1. The first-order valence-corrected chi connectivity index (χ1v) is 6.66. The van der Waals surface area contributed by atoms with Gasteiger partial charge in [0.05, 0.1) is 7.11 Å². The van der Waals surface area contributed by atoms with Crippen molar-refractivity contribution in [3.8, 4) is 5.75 Å². The summed E-state index contributed by atoms with van der Waals surface area (Å²) >= 11 is 9.08. The molecule has 0 saturated carbocycles. The zero-order valence-electron chi connectivity index (χ0n) is 10.0. The van der Waals surface area contributed by atoms with Crippen molar-refractivity contribution in [2.45, 2.75) is 6.10 Å². The molecule has 2 aromatic carbocycles. The Kier molecular flexibility index (Phi) is 4.45. The van der Waals surface area contributed by atoms with Crippen LogP contribution in [0, 0.1) is 5.82 Å². The van der Waals surface area contributed by atoms with Gasteiger partial charge in [0.1, 0.15) is 17.7 Å². The average Bonchev–Trinajstić information content (AvgIpc) is 2.38. The van der Waals surface area contributed by atoms with E-state index in [0.717, 1.165) is 0 Å². The zero-order valence-corrected chi connectivity index (χ0v) is 12.4. The van der Waals surface area contributed by atoms with E-state index in [2.05, 4.69) is 15.9 Å². The van der Waals surface area contributed by atoms with E-state index < -0.39 is 11.9 Å². The minimum atomic E-state index is -1.14. The van der Waals surface area contributed by atoms with Gasteiger partial charge in [0.2, 0.25) is 0 Å². The summed E-state index contributed by atoms with van der Waals surface area (Å²) in [6.07, 6.45) is -1.14. The van der Waals surface area contributed by atoms with Gasteiger partial charge >= 0.3 is 0 Å². The molecule has 0 fully saturated rings. The van der Waals surface area contributed by atoms with Crippen molar-refractivity contribution in [2.75, 3.05) is 7.11 Å². The predicted octanol–water partition coefficient (Wildman–Crippen LogP) is 4.33. The van der Waals surface area contributed by atoms with Gasteiger partial charge in [0.25, 0.3) is 0 Å². The summed E-state index contributed by atoms with van der Waals surface area (Å²) in [6, 6.07) is 9.33. The molecule has 0 aliphatic rings. The van der Waals surface area contributed by atoms with Gasteiger partial charge in [0.15, 0.2) is 0 Å². The molecule has 19 heavy (non-hydrogen) atoms. The van der Waals surface area contributed by atoms with E-state index in [1.165, 1.54) is 19.2 Å². The molecule has 1 N–H and O–H groups in total. The molecule has 0 bridgehead atoms. The van der Waals surface area contributed by atoms with Crippen LogP contribution >= 0.6 is 27.5 Å². The molecule has 5 heteroatoms. The summed E-state index contributed by atoms with van der Waals surface area (Å²) in [5.74, 6) is -0.0388. The van der Waals surface area contributed by atoms with Crippen LogP contribution in [-0.2, 0) is 0 Å². The highest BCUT2D eigenvalue weighted by Gasteiger charge is 2.19. The summed E-state index contributed by atoms with van der Waals surface area (Å²) < 4.78 is 19.6. The summed E-state index contributed by atoms with van der Waals surface area (Å²) in [5, 5.41) is 10.8. The van der Waals surface area contributed by atoms with Gasteiger partial charge in [-0.2, -0.15) is 0 Å². The van der Waals surface area contributed by atoms with Crippen LogP contribution < -0.4 is 4.74 Å². The molecular formula is C14H11BrClFO2. The number of halogens is 3. The van der Waals surface area contributed by atoms with E-state index in [1.807, 2.05) is 0 Å². The summed E-state index contributed by atoms with van der Waals surface area (Å²) in [6.45, 7) is 0. The highest BCUT2D eigenvalue weighted by Crippen LogP contribution is 2.33. The topological polar surface area (TPSA) is 29.5 Å². The van der Waals surface area contributed by atoms with Crippen molar-refractivity contribution >= 4 is 27.5 Å². The van der Waals surface area contributed by atoms with Crippen LogP contribution in [0.1, 0.15) is 17.2 Å². The zero-order chi connectivity index (χ0) is 14.0. The van der Waals surface area contributed by atoms with Crippen molar-refractivity contribution in [3.63, 3.8) is 0 Å². The fourth-order valence-corrected chi connectivity index (χ4v) is 2.32. The molecule has 0 aromatic heterocycles. The van der Waals surface area contributed by atoms with E-state index in [1.54, 1.807) is 24.3 Å². The largest absolute Gasteiger partial charge is 0.496 e. The molecule has 0 aliphatic heterocycles. The summed E-state index contributed by atoms with van der Waals surface area (Å²) in [4.78, 5) is 0. The smallest absolute Gasteiger partial charge is 0.130 e. The summed E-state index contributed by atoms with van der Waals surface area (Å²) in [5.41, 5.74) is 0.597. The van der Waals surface area contributed by atoms with Crippen molar-refractivity contribution in [2.24, 2.45) is 0 Å². The van der Waals surface area contributed by atoms with Gasteiger partial charge < -0.3 is 9.84 Å². The van der Waals surface area contributed by atoms with Gasteiger partial charge in [-0.25, -0.2) is 4.39 Å². The Bertz CT molecular complexity index is 604. The average molecular weight is 346 g/mol. The lowest BCUT2D eigenvalue weighted by molar-refractivity contribution is 0.209. The maximum absolute atomic E-state index is 13.9. The molecule has 2 rings (SSSR count). The Labute approximate surface area is 123 Å². The molecule has 0 radical (unpaired) electrons. The molecular weight excluding hydrogens is 335 g/mol. The van der Waals surface area contributed by atoms with E-state index >= 15 is 0 Å². The van der Waals surface area contributed by atoms with Gasteiger partial charge in [0, 0.05) is 20.6 Å². The van der Waals surface area contributed by atoms with Crippen molar-refractivity contribution in [1.29, 1.82) is 0 Å². The Morgan fingerprint density at radius 2 is 1.95 bits per heavy atom. The lowest BCUT2D eigenvalue weighted by Crippen LogP contribution is -2.04. The number of methoxy groups -OCH3 is 1.